The summed E-state index contributed by atoms with van der Waals surface area (Å²) in [4.78, 5) is 18.9. The third kappa shape index (κ3) is 1.85. The highest BCUT2D eigenvalue weighted by Crippen LogP contribution is 2.18. The molecule has 0 fully saturated rings. The second-order valence-electron chi connectivity index (χ2n) is 2.99. The van der Waals surface area contributed by atoms with Gasteiger partial charge in [-0.15, -0.1) is 0 Å². The molecule has 6 heteroatoms. The minimum atomic E-state index is -0.434. The summed E-state index contributed by atoms with van der Waals surface area (Å²) in [6, 6.07) is 3.30. The number of nitrogens with zero attached hydrogens (tertiary/aromatic N) is 2. The molecule has 2 aromatic rings. The van der Waals surface area contributed by atoms with Crippen molar-refractivity contribution < 1.29 is 13.9 Å². The number of ether oxygens (including phenoxy) is 1. The lowest BCUT2D eigenvalue weighted by Crippen LogP contribution is -2.01. The van der Waals surface area contributed by atoms with E-state index in [2.05, 4.69) is 14.7 Å². The van der Waals surface area contributed by atoms with Crippen molar-refractivity contribution in [2.24, 2.45) is 0 Å². The van der Waals surface area contributed by atoms with Crippen molar-refractivity contribution in [1.82, 2.24) is 9.97 Å². The van der Waals surface area contributed by atoms with E-state index in [1.54, 1.807) is 12.1 Å². The smallest absolute Gasteiger partial charge is 0.339 e. The Balaban J connectivity index is 2.29. The molecule has 0 aliphatic carbocycles. The Morgan fingerprint density at radius 1 is 1.38 bits per heavy atom. The quantitative estimate of drug-likeness (QED) is 0.760. The number of hydrogen-bond donors (Lipinski definition) is 1. The van der Waals surface area contributed by atoms with Gasteiger partial charge in [-0.2, -0.15) is 0 Å². The van der Waals surface area contributed by atoms with Crippen molar-refractivity contribution in [2.45, 2.75) is 0 Å². The number of esters is 1. The highest BCUT2D eigenvalue weighted by molar-refractivity contribution is 5.89. The van der Waals surface area contributed by atoms with Gasteiger partial charge in [-0.05, 0) is 12.1 Å². The van der Waals surface area contributed by atoms with Crippen molar-refractivity contribution in [3.05, 3.63) is 30.1 Å². The Morgan fingerprint density at radius 2 is 2.19 bits per heavy atom. The number of aromatic nitrogens is 2. The number of oxazole rings is 1. The Hall–Kier alpha value is -2.37. The maximum Gasteiger partial charge on any atom is 0.339 e. The van der Waals surface area contributed by atoms with Gasteiger partial charge in [0.25, 0.3) is 6.01 Å². The van der Waals surface area contributed by atoms with Gasteiger partial charge in [0.1, 0.15) is 5.69 Å². The van der Waals surface area contributed by atoms with E-state index in [9.17, 15) is 4.79 Å². The van der Waals surface area contributed by atoms with Crippen molar-refractivity contribution in [1.29, 1.82) is 0 Å². The van der Waals surface area contributed by atoms with Crippen LogP contribution in [0.5, 0.6) is 0 Å². The minimum Gasteiger partial charge on any atom is -0.465 e. The summed E-state index contributed by atoms with van der Waals surface area (Å²) in [5.41, 5.74) is 6.26. The molecule has 0 aliphatic rings. The number of nitrogen functional groups attached to an aromatic ring is 1. The molecule has 0 atom stereocenters. The number of hydrogen-bond acceptors (Lipinski definition) is 6. The molecular weight excluding hydrogens is 210 g/mol. The molecule has 2 rings (SSSR count). The van der Waals surface area contributed by atoms with E-state index in [1.165, 1.54) is 19.5 Å². The first-order chi connectivity index (χ1) is 7.70. The van der Waals surface area contributed by atoms with E-state index >= 15 is 0 Å². The zero-order valence-electron chi connectivity index (χ0n) is 8.51. The van der Waals surface area contributed by atoms with Crippen LogP contribution >= 0.6 is 0 Å². The minimum absolute atomic E-state index is 0.0776. The fraction of sp³-hybridized carbons (Fsp3) is 0.100. The summed E-state index contributed by atoms with van der Waals surface area (Å²) in [7, 11) is 1.31. The lowest BCUT2D eigenvalue weighted by Gasteiger charge is -1.99. The number of carbonyl (C=O) groups is 1. The second kappa shape index (κ2) is 4.01. The van der Waals surface area contributed by atoms with Crippen molar-refractivity contribution in [2.75, 3.05) is 12.8 Å². The lowest BCUT2D eigenvalue weighted by atomic mass is 10.2. The average Bonchev–Trinajstić information content (AvgIpc) is 2.75. The first kappa shape index (κ1) is 10.2. The maximum atomic E-state index is 11.1. The summed E-state index contributed by atoms with van der Waals surface area (Å²) in [5.74, 6) is 0.0186. The Labute approximate surface area is 91.1 Å². The van der Waals surface area contributed by atoms with E-state index in [0.29, 0.717) is 17.0 Å². The summed E-state index contributed by atoms with van der Waals surface area (Å²) in [6.07, 6.45) is 2.87. The van der Waals surface area contributed by atoms with E-state index in [-0.39, 0.29) is 6.01 Å². The molecule has 0 aromatic carbocycles. The van der Waals surface area contributed by atoms with Gasteiger partial charge in [0, 0.05) is 6.20 Å². The van der Waals surface area contributed by atoms with Gasteiger partial charge in [-0.1, -0.05) is 0 Å². The van der Waals surface area contributed by atoms with Crippen LogP contribution in [0.1, 0.15) is 10.4 Å². The number of anilines is 1. The standard InChI is InChI=1S/C10H9N3O3/c1-15-9(14)6-2-3-7(12-4-6)8-5-13-10(11)16-8/h2-5H,1H3,(H2,11,13). The predicted molar refractivity (Wildman–Crippen MR) is 55.5 cm³/mol. The van der Waals surface area contributed by atoms with Gasteiger partial charge in [0.05, 0.1) is 18.9 Å². The van der Waals surface area contributed by atoms with E-state index in [1.807, 2.05) is 0 Å². The van der Waals surface area contributed by atoms with Crippen molar-refractivity contribution in [3.63, 3.8) is 0 Å². The molecule has 16 heavy (non-hydrogen) atoms. The molecule has 0 amide bonds. The zero-order chi connectivity index (χ0) is 11.5. The summed E-state index contributed by atoms with van der Waals surface area (Å²) in [5, 5.41) is 0. The highest BCUT2D eigenvalue weighted by atomic mass is 16.5. The topological polar surface area (TPSA) is 91.2 Å². The summed E-state index contributed by atoms with van der Waals surface area (Å²) in [6.45, 7) is 0. The maximum absolute atomic E-state index is 11.1. The van der Waals surface area contributed by atoms with Gasteiger partial charge in [0.2, 0.25) is 0 Å². The predicted octanol–water partition coefficient (Wildman–Crippen LogP) is 1.11. The van der Waals surface area contributed by atoms with Gasteiger partial charge >= 0.3 is 5.97 Å². The van der Waals surface area contributed by atoms with Crippen LogP contribution in [-0.4, -0.2) is 23.0 Å². The van der Waals surface area contributed by atoms with Crippen LogP contribution in [0.25, 0.3) is 11.5 Å². The van der Waals surface area contributed by atoms with E-state index in [0.717, 1.165) is 0 Å². The van der Waals surface area contributed by atoms with Gasteiger partial charge in [0.15, 0.2) is 5.76 Å². The van der Waals surface area contributed by atoms with E-state index in [4.69, 9.17) is 10.2 Å². The van der Waals surface area contributed by atoms with Crippen LogP contribution in [0.4, 0.5) is 6.01 Å². The van der Waals surface area contributed by atoms with Gasteiger partial charge in [-0.3, -0.25) is 4.98 Å². The number of methoxy groups -OCH3 is 1. The Bertz CT molecular complexity index is 504. The molecule has 0 saturated carbocycles. The number of carbonyl (C=O) groups excluding carboxylic acids is 1. The number of nitrogens with two attached hydrogens (primary N) is 1. The first-order valence-electron chi connectivity index (χ1n) is 4.47. The van der Waals surface area contributed by atoms with Crippen LogP contribution in [-0.2, 0) is 4.74 Å². The van der Waals surface area contributed by atoms with Crippen LogP contribution < -0.4 is 5.73 Å². The molecule has 82 valence electrons. The molecule has 0 spiro atoms. The normalized spacial score (nSPS) is 10.1. The molecule has 6 nitrogen and oxygen atoms in total. The molecule has 2 aromatic heterocycles. The summed E-state index contributed by atoms with van der Waals surface area (Å²) < 4.78 is 9.64. The second-order valence-corrected chi connectivity index (χ2v) is 2.99. The van der Waals surface area contributed by atoms with Gasteiger partial charge in [-0.25, -0.2) is 9.78 Å². The van der Waals surface area contributed by atoms with Crippen LogP contribution in [0.15, 0.2) is 28.9 Å². The highest BCUT2D eigenvalue weighted by Gasteiger charge is 2.08. The van der Waals surface area contributed by atoms with Crippen LogP contribution in [0.3, 0.4) is 0 Å². The van der Waals surface area contributed by atoms with Crippen molar-refractivity contribution >= 4 is 12.0 Å². The third-order valence-corrected chi connectivity index (χ3v) is 1.96. The fourth-order valence-corrected chi connectivity index (χ4v) is 1.18. The Kier molecular flexibility index (Phi) is 2.55. The number of pyridine rings is 1. The molecule has 2 heterocycles. The first-order valence-corrected chi connectivity index (χ1v) is 4.47. The van der Waals surface area contributed by atoms with E-state index < -0.39 is 5.97 Å². The third-order valence-electron chi connectivity index (χ3n) is 1.96. The molecule has 0 bridgehead atoms. The lowest BCUT2D eigenvalue weighted by molar-refractivity contribution is 0.0600. The Morgan fingerprint density at radius 3 is 2.69 bits per heavy atom. The van der Waals surface area contributed by atoms with Crippen LogP contribution in [0.2, 0.25) is 0 Å². The monoisotopic (exact) mass is 219 g/mol. The van der Waals surface area contributed by atoms with Crippen LogP contribution in [0, 0.1) is 0 Å². The SMILES string of the molecule is COC(=O)c1ccc(-c2cnc(N)o2)nc1. The molecule has 0 radical (unpaired) electrons. The summed E-state index contributed by atoms with van der Waals surface area (Å²) >= 11 is 0. The molecule has 2 N–H and O–H groups in total. The molecular formula is C10H9N3O3. The molecule has 0 unspecified atom stereocenters. The molecule has 0 saturated heterocycles. The largest absolute Gasteiger partial charge is 0.465 e. The fourth-order valence-electron chi connectivity index (χ4n) is 1.18. The number of rotatable bonds is 2. The average molecular weight is 219 g/mol. The van der Waals surface area contributed by atoms with Gasteiger partial charge < -0.3 is 14.9 Å². The zero-order valence-corrected chi connectivity index (χ0v) is 8.51. The van der Waals surface area contributed by atoms with Crippen molar-refractivity contribution in [3.8, 4) is 11.5 Å². The molecule has 0 aliphatic heterocycles.